The van der Waals surface area contributed by atoms with Gasteiger partial charge >= 0.3 is 0 Å². The molecule has 2 bridgehead atoms. The molecule has 3 aliphatic carbocycles. The number of fused-ring (bicyclic) bond motifs is 3. The van der Waals surface area contributed by atoms with Crippen molar-refractivity contribution in [3.8, 4) is 0 Å². The molecule has 0 heteroatoms. The lowest BCUT2D eigenvalue weighted by molar-refractivity contribution is 0.271. The molecule has 0 nitrogen and oxygen atoms in total. The van der Waals surface area contributed by atoms with Crippen LogP contribution in [-0.4, -0.2) is 0 Å². The van der Waals surface area contributed by atoms with Gasteiger partial charge in [-0.05, 0) is 35.8 Å². The predicted octanol–water partition coefficient (Wildman–Crippen LogP) is 3.01. The Morgan fingerprint density at radius 3 is 2.83 bits per heavy atom. The molecule has 0 saturated heterocycles. The Morgan fingerprint density at radius 2 is 2.00 bits per heavy atom. The van der Waals surface area contributed by atoms with Crippen LogP contribution in [0.3, 0.4) is 0 Å². The van der Waals surface area contributed by atoms with Crippen LogP contribution < -0.4 is 0 Å². The van der Waals surface area contributed by atoms with E-state index >= 15 is 0 Å². The van der Waals surface area contributed by atoms with Gasteiger partial charge in [0.1, 0.15) is 0 Å². The maximum Gasteiger partial charge on any atom is -0.00982 e. The van der Waals surface area contributed by atoms with E-state index in [2.05, 4.69) is 36.5 Å². The van der Waals surface area contributed by atoms with Crippen LogP contribution in [-0.2, 0) is 0 Å². The van der Waals surface area contributed by atoms with Crippen LogP contribution in [0.2, 0.25) is 0 Å². The molecule has 0 spiro atoms. The van der Waals surface area contributed by atoms with Crippen LogP contribution in [0.5, 0.6) is 0 Å². The van der Waals surface area contributed by atoms with Gasteiger partial charge in [-0.25, -0.2) is 0 Å². The van der Waals surface area contributed by atoms with E-state index in [1.165, 1.54) is 18.4 Å². The highest BCUT2D eigenvalue weighted by Gasteiger charge is 2.33. The average molecular weight is 156 g/mol. The lowest BCUT2D eigenvalue weighted by Crippen LogP contribution is -2.27. The third kappa shape index (κ3) is 0.781. The quantitative estimate of drug-likeness (QED) is 0.505. The SMILES string of the molecule is C1=CC2=CC3CCC3C(=C2)C=C1. The molecule has 0 amide bonds. The molecule has 0 aliphatic heterocycles. The minimum absolute atomic E-state index is 0.852. The lowest BCUT2D eigenvalue weighted by atomic mass is 9.66. The average Bonchev–Trinajstić information content (AvgIpc) is 2.21. The molecular weight excluding hydrogens is 144 g/mol. The summed E-state index contributed by atoms with van der Waals surface area (Å²) in [4.78, 5) is 0. The van der Waals surface area contributed by atoms with E-state index in [1.54, 1.807) is 5.57 Å². The molecule has 3 rings (SSSR count). The molecule has 0 N–H and O–H groups in total. The summed E-state index contributed by atoms with van der Waals surface area (Å²) in [6, 6.07) is 0. The monoisotopic (exact) mass is 156 g/mol. The molecule has 1 saturated carbocycles. The summed E-state index contributed by atoms with van der Waals surface area (Å²) in [6.45, 7) is 0. The summed E-state index contributed by atoms with van der Waals surface area (Å²) in [5.41, 5.74) is 2.96. The van der Waals surface area contributed by atoms with Crippen LogP contribution in [0.15, 0.2) is 47.6 Å². The lowest BCUT2D eigenvalue weighted by Gasteiger charge is -2.38. The Hall–Kier alpha value is -1.04. The first-order valence-corrected chi connectivity index (χ1v) is 4.72. The van der Waals surface area contributed by atoms with Gasteiger partial charge < -0.3 is 0 Å². The van der Waals surface area contributed by atoms with E-state index in [9.17, 15) is 0 Å². The largest absolute Gasteiger partial charge is 0.0735 e. The topological polar surface area (TPSA) is 0 Å². The normalized spacial score (nSPS) is 36.0. The van der Waals surface area contributed by atoms with E-state index < -0.39 is 0 Å². The maximum atomic E-state index is 2.43. The molecule has 0 radical (unpaired) electrons. The Morgan fingerprint density at radius 1 is 1.08 bits per heavy atom. The first-order valence-electron chi connectivity index (χ1n) is 4.72. The molecule has 0 heterocycles. The minimum Gasteiger partial charge on any atom is -0.0735 e. The molecule has 2 atom stereocenters. The molecule has 60 valence electrons. The smallest absolute Gasteiger partial charge is 0.00982 e. The van der Waals surface area contributed by atoms with Gasteiger partial charge in [-0.15, -0.1) is 0 Å². The van der Waals surface area contributed by atoms with Gasteiger partial charge in [0.15, 0.2) is 0 Å². The number of hydrogen-bond acceptors (Lipinski definition) is 0. The van der Waals surface area contributed by atoms with Crippen molar-refractivity contribution in [1.82, 2.24) is 0 Å². The summed E-state index contributed by atoms with van der Waals surface area (Å²) < 4.78 is 0. The highest BCUT2D eigenvalue weighted by atomic mass is 14.4. The van der Waals surface area contributed by atoms with Gasteiger partial charge in [-0.2, -0.15) is 0 Å². The van der Waals surface area contributed by atoms with Crippen molar-refractivity contribution in [1.29, 1.82) is 0 Å². The molecule has 2 unspecified atom stereocenters. The van der Waals surface area contributed by atoms with Gasteiger partial charge in [0.25, 0.3) is 0 Å². The van der Waals surface area contributed by atoms with E-state index in [0.717, 1.165) is 11.8 Å². The van der Waals surface area contributed by atoms with Crippen molar-refractivity contribution in [3.05, 3.63) is 47.6 Å². The second-order valence-corrected chi connectivity index (χ2v) is 3.88. The van der Waals surface area contributed by atoms with Gasteiger partial charge in [0, 0.05) is 0 Å². The predicted molar refractivity (Wildman–Crippen MR) is 50.7 cm³/mol. The van der Waals surface area contributed by atoms with Crippen molar-refractivity contribution in [2.45, 2.75) is 12.8 Å². The summed E-state index contributed by atoms with van der Waals surface area (Å²) in [5, 5.41) is 0. The molecular formula is C12H12. The standard InChI is InChI=1S/C12H12/c1-2-4-10-7-9(3-1)8-11-5-6-12(10)11/h1-4,7-8,11-12H,5-6H2. The van der Waals surface area contributed by atoms with E-state index in [4.69, 9.17) is 0 Å². The zero-order chi connectivity index (χ0) is 7.97. The van der Waals surface area contributed by atoms with E-state index in [-0.39, 0.29) is 0 Å². The second-order valence-electron chi connectivity index (χ2n) is 3.88. The van der Waals surface area contributed by atoms with Gasteiger partial charge in [-0.3, -0.25) is 0 Å². The Balaban J connectivity index is 2.09. The highest BCUT2D eigenvalue weighted by molar-refractivity contribution is 5.47. The van der Waals surface area contributed by atoms with Crippen molar-refractivity contribution in [2.24, 2.45) is 11.8 Å². The second kappa shape index (κ2) is 2.22. The number of allylic oxidation sites excluding steroid dienone is 8. The zero-order valence-corrected chi connectivity index (χ0v) is 7.03. The number of hydrogen-bond donors (Lipinski definition) is 0. The fourth-order valence-corrected chi connectivity index (χ4v) is 2.34. The Bertz CT molecular complexity index is 326. The molecule has 3 aliphatic rings. The Kier molecular flexibility index (Phi) is 1.20. The van der Waals surface area contributed by atoms with Crippen molar-refractivity contribution < 1.29 is 0 Å². The highest BCUT2D eigenvalue weighted by Crippen LogP contribution is 2.45. The van der Waals surface area contributed by atoms with Crippen molar-refractivity contribution in [3.63, 3.8) is 0 Å². The summed E-state index contributed by atoms with van der Waals surface area (Å²) in [7, 11) is 0. The summed E-state index contributed by atoms with van der Waals surface area (Å²) in [6.07, 6.45) is 16.3. The van der Waals surface area contributed by atoms with Crippen molar-refractivity contribution >= 4 is 0 Å². The number of rotatable bonds is 0. The van der Waals surface area contributed by atoms with Crippen LogP contribution in [0.25, 0.3) is 0 Å². The summed E-state index contributed by atoms with van der Waals surface area (Å²) in [5.74, 6) is 1.71. The van der Waals surface area contributed by atoms with Gasteiger partial charge in [0.2, 0.25) is 0 Å². The van der Waals surface area contributed by atoms with Crippen LogP contribution in [0.1, 0.15) is 12.8 Å². The molecule has 1 fully saturated rings. The summed E-state index contributed by atoms with van der Waals surface area (Å²) >= 11 is 0. The van der Waals surface area contributed by atoms with E-state index in [0.29, 0.717) is 0 Å². The van der Waals surface area contributed by atoms with Gasteiger partial charge in [-0.1, -0.05) is 36.5 Å². The maximum absolute atomic E-state index is 2.43. The third-order valence-corrected chi connectivity index (χ3v) is 3.18. The zero-order valence-electron chi connectivity index (χ0n) is 7.03. The third-order valence-electron chi connectivity index (χ3n) is 3.18. The van der Waals surface area contributed by atoms with Crippen LogP contribution in [0, 0.1) is 11.8 Å². The first-order chi connectivity index (χ1) is 5.93. The fourth-order valence-electron chi connectivity index (χ4n) is 2.34. The molecule has 0 aromatic heterocycles. The minimum atomic E-state index is 0.852. The molecule has 0 aromatic rings. The molecule has 0 aromatic carbocycles. The fraction of sp³-hybridized carbons (Fsp3) is 0.333. The van der Waals surface area contributed by atoms with Gasteiger partial charge in [0.05, 0.1) is 0 Å². The Labute approximate surface area is 73.0 Å². The van der Waals surface area contributed by atoms with Crippen LogP contribution >= 0.6 is 0 Å². The first kappa shape index (κ1) is 6.47. The van der Waals surface area contributed by atoms with Crippen molar-refractivity contribution in [2.75, 3.05) is 0 Å². The molecule has 12 heavy (non-hydrogen) atoms. The van der Waals surface area contributed by atoms with Crippen LogP contribution in [0.4, 0.5) is 0 Å². The van der Waals surface area contributed by atoms with E-state index in [1.807, 2.05) is 0 Å².